The molecule has 0 bridgehead atoms. The number of halogens is 3. The van der Waals surface area contributed by atoms with Crippen LogP contribution >= 0.6 is 0 Å². The Morgan fingerprint density at radius 1 is 0.978 bits per heavy atom. The lowest BCUT2D eigenvalue weighted by molar-refractivity contribution is -0.141. The predicted octanol–water partition coefficient (Wildman–Crippen LogP) is 5.01. The van der Waals surface area contributed by atoms with Crippen molar-refractivity contribution in [3.8, 4) is 11.4 Å². The monoisotopic (exact) mass is 639 g/mol. The lowest BCUT2D eigenvalue weighted by Gasteiger charge is -2.28. The van der Waals surface area contributed by atoms with Crippen LogP contribution in [0.4, 0.5) is 18.9 Å². The first-order valence-corrected chi connectivity index (χ1v) is 15.3. The normalized spacial score (nSPS) is 14.0. The smallest absolute Gasteiger partial charge is 0.360 e. The number of rotatable bonds is 7. The van der Waals surface area contributed by atoms with Crippen LogP contribution in [0.15, 0.2) is 70.3 Å². The summed E-state index contributed by atoms with van der Waals surface area (Å²) >= 11 is 0. The Morgan fingerprint density at radius 2 is 1.62 bits per heavy atom. The van der Waals surface area contributed by atoms with Gasteiger partial charge in [-0.3, -0.25) is 4.79 Å². The maximum Gasteiger partial charge on any atom is 0.435 e. The molecule has 2 aromatic carbocycles. The van der Waals surface area contributed by atoms with E-state index in [0.29, 0.717) is 22.9 Å². The third-order valence-electron chi connectivity index (χ3n) is 7.72. The lowest BCUT2D eigenvalue weighted by atomic mass is 10.0. The van der Waals surface area contributed by atoms with Gasteiger partial charge in [0.2, 0.25) is 10.0 Å². The molecule has 0 N–H and O–H groups in total. The van der Waals surface area contributed by atoms with Gasteiger partial charge in [0.05, 0.1) is 12.2 Å². The van der Waals surface area contributed by atoms with Crippen LogP contribution in [0.25, 0.3) is 11.4 Å². The summed E-state index contributed by atoms with van der Waals surface area (Å²) in [6.07, 6.45) is -1.52. The number of imidazole rings is 1. The highest BCUT2D eigenvalue weighted by Crippen LogP contribution is 2.37. The number of aromatic nitrogens is 5. The molecule has 0 radical (unpaired) electrons. The Labute approximate surface area is 256 Å². The number of amides is 1. The molecule has 6 rings (SSSR count). The van der Waals surface area contributed by atoms with Crippen LogP contribution in [0.5, 0.6) is 0 Å². The first-order chi connectivity index (χ1) is 21.3. The molecule has 1 amide bonds. The fraction of sp³-hybridized carbons (Fsp3) is 0.267. The average molecular weight is 640 g/mol. The number of sulfonamides is 1. The molecule has 11 nitrogen and oxygen atoms in total. The second kappa shape index (κ2) is 11.0. The Bertz CT molecular complexity index is 1990. The van der Waals surface area contributed by atoms with E-state index in [9.17, 15) is 26.4 Å². The molecule has 1 aliphatic heterocycles. The number of carbonyl (C=O) groups is 1. The van der Waals surface area contributed by atoms with Crippen LogP contribution < -0.4 is 4.90 Å². The van der Waals surface area contributed by atoms with Crippen molar-refractivity contribution in [3.05, 3.63) is 101 Å². The summed E-state index contributed by atoms with van der Waals surface area (Å²) in [7, 11) is -2.48. The SMILES string of the molecule is Cc1ccc(-n2nc(C(F)(F)F)c3c2C(=O)N(c2ccc(-n4ccnc4CN(C)S(=O)(=O)c4c(C)noc4C)cc2)CC3)cc1. The van der Waals surface area contributed by atoms with Gasteiger partial charge in [0.15, 0.2) is 11.5 Å². The van der Waals surface area contributed by atoms with Crippen molar-refractivity contribution in [2.24, 2.45) is 0 Å². The van der Waals surface area contributed by atoms with E-state index < -0.39 is 27.8 Å². The van der Waals surface area contributed by atoms with Crippen molar-refractivity contribution in [3.63, 3.8) is 0 Å². The van der Waals surface area contributed by atoms with Gasteiger partial charge in [0, 0.05) is 42.9 Å². The molecule has 5 aromatic rings. The summed E-state index contributed by atoms with van der Waals surface area (Å²) in [6, 6.07) is 13.6. The molecule has 234 valence electrons. The first-order valence-electron chi connectivity index (χ1n) is 13.9. The second-order valence-electron chi connectivity index (χ2n) is 10.8. The molecular weight excluding hydrogens is 611 g/mol. The van der Waals surface area contributed by atoms with Gasteiger partial charge in [-0.05, 0) is 63.6 Å². The highest BCUT2D eigenvalue weighted by Gasteiger charge is 2.43. The summed E-state index contributed by atoms with van der Waals surface area (Å²) in [5.74, 6) is 0.0252. The first kappa shape index (κ1) is 30.3. The molecule has 1 aliphatic rings. The quantitative estimate of drug-likeness (QED) is 0.246. The molecule has 15 heteroatoms. The van der Waals surface area contributed by atoms with E-state index >= 15 is 0 Å². The Kier molecular flexibility index (Phi) is 7.40. The molecule has 0 fully saturated rings. The third-order valence-corrected chi connectivity index (χ3v) is 9.77. The van der Waals surface area contributed by atoms with Crippen LogP contribution in [-0.4, -0.2) is 56.7 Å². The Balaban J connectivity index is 1.28. The summed E-state index contributed by atoms with van der Waals surface area (Å²) in [4.78, 5) is 19.5. The number of fused-ring (bicyclic) bond motifs is 1. The molecule has 0 atom stereocenters. The molecule has 4 heterocycles. The van der Waals surface area contributed by atoms with E-state index in [1.165, 1.54) is 18.9 Å². The van der Waals surface area contributed by atoms with Crippen LogP contribution in [-0.2, 0) is 29.2 Å². The van der Waals surface area contributed by atoms with Crippen molar-refractivity contribution in [1.29, 1.82) is 0 Å². The number of benzene rings is 2. The summed E-state index contributed by atoms with van der Waals surface area (Å²) in [5, 5.41) is 7.59. The number of nitrogens with zero attached hydrogens (tertiary/aromatic N) is 7. The van der Waals surface area contributed by atoms with Gasteiger partial charge in [-0.25, -0.2) is 18.1 Å². The van der Waals surface area contributed by atoms with Gasteiger partial charge in [-0.15, -0.1) is 0 Å². The predicted molar refractivity (Wildman–Crippen MR) is 157 cm³/mol. The maximum atomic E-state index is 13.9. The lowest BCUT2D eigenvalue weighted by Crippen LogP contribution is -2.39. The number of alkyl halides is 3. The largest absolute Gasteiger partial charge is 0.435 e. The molecule has 0 saturated carbocycles. The average Bonchev–Trinajstić information content (AvgIpc) is 3.71. The minimum atomic E-state index is -4.72. The van der Waals surface area contributed by atoms with Gasteiger partial charge in [-0.1, -0.05) is 22.9 Å². The molecule has 0 saturated heterocycles. The number of anilines is 1. The highest BCUT2D eigenvalue weighted by molar-refractivity contribution is 7.89. The number of carbonyl (C=O) groups excluding carboxylic acids is 1. The van der Waals surface area contributed by atoms with Gasteiger partial charge < -0.3 is 14.0 Å². The van der Waals surface area contributed by atoms with E-state index in [1.54, 1.807) is 72.4 Å². The van der Waals surface area contributed by atoms with Crippen molar-refractivity contribution in [2.75, 3.05) is 18.5 Å². The van der Waals surface area contributed by atoms with Crippen molar-refractivity contribution in [2.45, 2.75) is 44.8 Å². The Morgan fingerprint density at radius 3 is 2.24 bits per heavy atom. The van der Waals surface area contributed by atoms with Crippen LogP contribution in [0.1, 0.15) is 44.6 Å². The number of hydrogen-bond acceptors (Lipinski definition) is 7. The molecule has 0 spiro atoms. The van der Waals surface area contributed by atoms with E-state index in [2.05, 4.69) is 15.2 Å². The zero-order valence-electron chi connectivity index (χ0n) is 24.7. The zero-order chi connectivity index (χ0) is 32.3. The van der Waals surface area contributed by atoms with Crippen LogP contribution in [0.3, 0.4) is 0 Å². The molecule has 0 unspecified atom stereocenters. The number of aryl methyl sites for hydroxylation is 3. The molecular formula is C30H28F3N7O4S. The minimum Gasteiger partial charge on any atom is -0.360 e. The van der Waals surface area contributed by atoms with Gasteiger partial charge in [-0.2, -0.15) is 22.6 Å². The maximum absolute atomic E-state index is 13.9. The second-order valence-corrected chi connectivity index (χ2v) is 12.8. The number of hydrogen-bond donors (Lipinski definition) is 0. The summed E-state index contributed by atoms with van der Waals surface area (Å²) < 4.78 is 77.2. The fourth-order valence-electron chi connectivity index (χ4n) is 5.47. The van der Waals surface area contributed by atoms with Crippen LogP contribution in [0, 0.1) is 20.8 Å². The van der Waals surface area contributed by atoms with E-state index in [1.807, 2.05) is 6.92 Å². The van der Waals surface area contributed by atoms with E-state index in [4.69, 9.17) is 4.52 Å². The molecule has 3 aromatic heterocycles. The third kappa shape index (κ3) is 5.31. The van der Waals surface area contributed by atoms with E-state index in [-0.39, 0.29) is 47.1 Å². The highest BCUT2D eigenvalue weighted by atomic mass is 32.2. The van der Waals surface area contributed by atoms with Gasteiger partial charge in [0.1, 0.15) is 22.1 Å². The van der Waals surface area contributed by atoms with Gasteiger partial charge >= 0.3 is 6.18 Å². The minimum absolute atomic E-state index is 0.00731. The van der Waals surface area contributed by atoms with Crippen molar-refractivity contribution >= 4 is 21.6 Å². The standard InChI is InChI=1S/C30H28F3N7O4S/c1-18-5-7-23(8-6-18)40-26-24(28(35-40)30(31,32)33)13-15-39(29(26)41)22-11-9-21(10-12-22)38-16-14-34-25(38)17-37(4)45(42,43)27-19(2)36-44-20(27)3/h5-12,14,16H,13,15,17H2,1-4H3. The van der Waals surface area contributed by atoms with Crippen molar-refractivity contribution in [1.82, 2.24) is 28.8 Å². The summed E-state index contributed by atoms with van der Waals surface area (Å²) in [6.45, 7) is 4.92. The van der Waals surface area contributed by atoms with Gasteiger partial charge in [0.25, 0.3) is 5.91 Å². The summed E-state index contributed by atoms with van der Waals surface area (Å²) in [5.41, 5.74) is 1.35. The molecule has 0 aliphatic carbocycles. The van der Waals surface area contributed by atoms with Crippen molar-refractivity contribution < 1.29 is 30.9 Å². The Hall–Kier alpha value is -4.76. The van der Waals surface area contributed by atoms with Crippen LogP contribution in [0.2, 0.25) is 0 Å². The topological polar surface area (TPSA) is 119 Å². The fourth-order valence-corrected chi connectivity index (χ4v) is 6.88. The van der Waals surface area contributed by atoms with E-state index in [0.717, 1.165) is 14.6 Å². The zero-order valence-corrected chi connectivity index (χ0v) is 25.5. The molecule has 45 heavy (non-hydrogen) atoms.